The monoisotopic (exact) mass is 563 g/mol. The van der Waals surface area contributed by atoms with E-state index < -0.39 is 28.5 Å². The van der Waals surface area contributed by atoms with Crippen molar-refractivity contribution in [3.05, 3.63) is 62.5 Å². The second-order valence-corrected chi connectivity index (χ2v) is 10.6. The molecule has 0 heterocycles. The number of sulfonamides is 1. The van der Waals surface area contributed by atoms with Gasteiger partial charge < -0.3 is 10.2 Å². The summed E-state index contributed by atoms with van der Waals surface area (Å²) in [4.78, 5) is 27.3. The van der Waals surface area contributed by atoms with Crippen LogP contribution in [-0.2, 0) is 26.2 Å². The Balaban J connectivity index is 2.46. The SMILES string of the molecule is CC[C@@H](C(=O)NC)N(Cc1ccc(Cl)c(Cl)c1)C(=O)CN(c1ccccc1Br)S(C)(=O)=O. The van der Waals surface area contributed by atoms with E-state index in [1.165, 1.54) is 11.9 Å². The first kappa shape index (κ1) is 26.4. The molecular formula is C21H24BrCl2N3O4S. The molecule has 0 bridgehead atoms. The molecule has 2 amide bonds. The van der Waals surface area contributed by atoms with Crippen LogP contribution in [0, 0.1) is 0 Å². The van der Waals surface area contributed by atoms with Crippen LogP contribution in [0.3, 0.4) is 0 Å². The molecule has 0 saturated heterocycles. The smallest absolute Gasteiger partial charge is 0.244 e. The average Bonchev–Trinajstić information content (AvgIpc) is 2.73. The van der Waals surface area contributed by atoms with Gasteiger partial charge in [0.05, 0.1) is 22.0 Å². The summed E-state index contributed by atoms with van der Waals surface area (Å²) in [5.74, 6) is -0.889. The summed E-state index contributed by atoms with van der Waals surface area (Å²) in [5, 5.41) is 3.24. The number of nitrogens with one attached hydrogen (secondary N) is 1. The quantitative estimate of drug-likeness (QED) is 0.497. The largest absolute Gasteiger partial charge is 0.357 e. The van der Waals surface area contributed by atoms with Crippen molar-refractivity contribution in [3.63, 3.8) is 0 Å². The van der Waals surface area contributed by atoms with E-state index in [1.807, 2.05) is 0 Å². The van der Waals surface area contributed by atoms with Gasteiger partial charge in [0.15, 0.2) is 0 Å². The van der Waals surface area contributed by atoms with Crippen molar-refractivity contribution in [3.8, 4) is 0 Å². The van der Waals surface area contributed by atoms with Crippen LogP contribution in [0.25, 0.3) is 0 Å². The number of carbonyl (C=O) groups excluding carboxylic acids is 2. The Hall–Kier alpha value is -1.81. The van der Waals surface area contributed by atoms with Crippen molar-refractivity contribution in [1.82, 2.24) is 10.2 Å². The second-order valence-electron chi connectivity index (χ2n) is 7.03. The predicted molar refractivity (Wildman–Crippen MR) is 131 cm³/mol. The number of likely N-dealkylation sites (N-methyl/N-ethyl adjacent to an activating group) is 1. The third-order valence-electron chi connectivity index (χ3n) is 4.77. The minimum Gasteiger partial charge on any atom is -0.357 e. The van der Waals surface area contributed by atoms with Gasteiger partial charge in [0, 0.05) is 18.1 Å². The first-order valence-electron chi connectivity index (χ1n) is 9.66. The molecule has 11 heteroatoms. The lowest BCUT2D eigenvalue weighted by atomic mass is 10.1. The fourth-order valence-electron chi connectivity index (χ4n) is 3.17. The van der Waals surface area contributed by atoms with E-state index in [9.17, 15) is 18.0 Å². The summed E-state index contributed by atoms with van der Waals surface area (Å²) in [5.41, 5.74) is 0.979. The van der Waals surface area contributed by atoms with Crippen molar-refractivity contribution in [2.75, 3.05) is 24.2 Å². The maximum Gasteiger partial charge on any atom is 0.244 e. The molecule has 2 aromatic rings. The summed E-state index contributed by atoms with van der Waals surface area (Å²) in [6, 6.07) is 10.8. The van der Waals surface area contributed by atoms with E-state index in [1.54, 1.807) is 49.4 Å². The molecule has 2 rings (SSSR count). The van der Waals surface area contributed by atoms with Gasteiger partial charge in [-0.25, -0.2) is 8.42 Å². The zero-order chi connectivity index (χ0) is 24.1. The molecule has 0 radical (unpaired) electrons. The van der Waals surface area contributed by atoms with E-state index in [0.29, 0.717) is 32.2 Å². The molecule has 0 fully saturated rings. The Bertz CT molecular complexity index is 1100. The second kappa shape index (κ2) is 11.4. The zero-order valence-corrected chi connectivity index (χ0v) is 21.7. The average molecular weight is 565 g/mol. The van der Waals surface area contributed by atoms with Crippen LogP contribution < -0.4 is 9.62 Å². The summed E-state index contributed by atoms with van der Waals surface area (Å²) >= 11 is 15.4. The number of halogens is 3. The van der Waals surface area contributed by atoms with Crippen molar-refractivity contribution < 1.29 is 18.0 Å². The normalized spacial score (nSPS) is 12.2. The third-order valence-corrected chi connectivity index (χ3v) is 7.31. The van der Waals surface area contributed by atoms with Gasteiger partial charge in [0.1, 0.15) is 12.6 Å². The van der Waals surface area contributed by atoms with Gasteiger partial charge in [0.2, 0.25) is 21.8 Å². The minimum absolute atomic E-state index is 0.0508. The van der Waals surface area contributed by atoms with E-state index in [0.717, 1.165) is 10.6 Å². The molecule has 1 N–H and O–H groups in total. The maximum absolute atomic E-state index is 13.4. The molecule has 1 atom stereocenters. The van der Waals surface area contributed by atoms with Crippen molar-refractivity contribution >= 4 is 66.7 Å². The Morgan fingerprint density at radius 3 is 2.31 bits per heavy atom. The van der Waals surface area contributed by atoms with Gasteiger partial charge in [-0.3, -0.25) is 13.9 Å². The third kappa shape index (κ3) is 6.60. The minimum atomic E-state index is -3.80. The van der Waals surface area contributed by atoms with Gasteiger partial charge >= 0.3 is 0 Å². The van der Waals surface area contributed by atoms with Crippen LogP contribution in [0.15, 0.2) is 46.9 Å². The van der Waals surface area contributed by atoms with Gasteiger partial charge in [0.25, 0.3) is 0 Å². The van der Waals surface area contributed by atoms with Crippen molar-refractivity contribution in [2.24, 2.45) is 0 Å². The molecule has 0 aliphatic carbocycles. The van der Waals surface area contributed by atoms with Crippen molar-refractivity contribution in [2.45, 2.75) is 25.9 Å². The van der Waals surface area contributed by atoms with Crippen LogP contribution in [-0.4, -0.2) is 51.0 Å². The fourth-order valence-corrected chi connectivity index (χ4v) is 4.97. The highest BCUT2D eigenvalue weighted by molar-refractivity contribution is 9.10. The molecular weight excluding hydrogens is 541 g/mol. The lowest BCUT2D eigenvalue weighted by Crippen LogP contribution is -2.51. The summed E-state index contributed by atoms with van der Waals surface area (Å²) in [6.45, 7) is 1.35. The summed E-state index contributed by atoms with van der Waals surface area (Å²) in [6.07, 6.45) is 1.36. The van der Waals surface area contributed by atoms with Crippen LogP contribution in [0.1, 0.15) is 18.9 Å². The van der Waals surface area contributed by atoms with Crippen LogP contribution in [0.2, 0.25) is 10.0 Å². The van der Waals surface area contributed by atoms with Gasteiger partial charge in [-0.2, -0.15) is 0 Å². The standard InChI is InChI=1S/C21H24BrCl2N3O4S/c1-4-18(21(29)25-2)26(12-14-9-10-16(23)17(24)11-14)20(28)13-27(32(3,30)31)19-8-6-5-7-15(19)22/h5-11,18H,4,12-13H2,1-3H3,(H,25,29)/t18-/m0/s1. The fraction of sp³-hybridized carbons (Fsp3) is 0.333. The molecule has 2 aromatic carbocycles. The van der Waals surface area contributed by atoms with E-state index in [2.05, 4.69) is 21.2 Å². The van der Waals surface area contributed by atoms with Gasteiger partial charge in [-0.1, -0.05) is 48.3 Å². The molecule has 0 aliphatic heterocycles. The van der Waals surface area contributed by atoms with Crippen LogP contribution >= 0.6 is 39.1 Å². The number of hydrogen-bond acceptors (Lipinski definition) is 4. The predicted octanol–water partition coefficient (Wildman–Crippen LogP) is 4.08. The van der Waals surface area contributed by atoms with Crippen molar-refractivity contribution in [1.29, 1.82) is 0 Å². The number of hydrogen-bond donors (Lipinski definition) is 1. The Morgan fingerprint density at radius 1 is 1.12 bits per heavy atom. The number of para-hydroxylation sites is 1. The number of nitrogens with zero attached hydrogens (tertiary/aromatic N) is 2. The highest BCUT2D eigenvalue weighted by Crippen LogP contribution is 2.28. The number of amides is 2. The topological polar surface area (TPSA) is 86.8 Å². The van der Waals surface area contributed by atoms with Gasteiger partial charge in [-0.15, -0.1) is 0 Å². The molecule has 0 aromatic heterocycles. The van der Waals surface area contributed by atoms with Gasteiger partial charge in [-0.05, 0) is 52.2 Å². The lowest BCUT2D eigenvalue weighted by Gasteiger charge is -2.32. The first-order valence-corrected chi connectivity index (χ1v) is 13.1. The summed E-state index contributed by atoms with van der Waals surface area (Å²) < 4.78 is 26.6. The van der Waals surface area contributed by atoms with E-state index >= 15 is 0 Å². The highest BCUT2D eigenvalue weighted by Gasteiger charge is 2.31. The molecule has 7 nitrogen and oxygen atoms in total. The number of benzene rings is 2. The lowest BCUT2D eigenvalue weighted by molar-refractivity contribution is -0.140. The Labute approximate surface area is 206 Å². The molecule has 32 heavy (non-hydrogen) atoms. The van der Waals surface area contributed by atoms with E-state index in [-0.39, 0.29) is 12.5 Å². The van der Waals surface area contributed by atoms with Crippen LogP contribution in [0.5, 0.6) is 0 Å². The number of rotatable bonds is 9. The molecule has 0 spiro atoms. The molecule has 174 valence electrons. The molecule has 0 unspecified atom stereocenters. The van der Waals surface area contributed by atoms with E-state index in [4.69, 9.17) is 23.2 Å². The number of carbonyl (C=O) groups is 2. The van der Waals surface area contributed by atoms with Crippen LogP contribution in [0.4, 0.5) is 5.69 Å². The first-order chi connectivity index (χ1) is 15.0. The highest BCUT2D eigenvalue weighted by atomic mass is 79.9. The maximum atomic E-state index is 13.4. The molecule has 0 saturated carbocycles. The summed E-state index contributed by atoms with van der Waals surface area (Å²) in [7, 11) is -2.31. The molecule has 0 aliphatic rings. The Kier molecular flexibility index (Phi) is 9.39. The zero-order valence-electron chi connectivity index (χ0n) is 17.8. The number of anilines is 1. The Morgan fingerprint density at radius 2 is 1.78 bits per heavy atom.